The lowest BCUT2D eigenvalue weighted by Crippen LogP contribution is -2.62. The first-order valence-electron chi connectivity index (χ1n) is 10.4. The molecule has 1 N–H and O–H groups in total. The lowest BCUT2D eigenvalue weighted by molar-refractivity contribution is -0.156. The minimum atomic E-state index is -0.00127. The lowest BCUT2D eigenvalue weighted by Gasteiger charge is -2.61. The van der Waals surface area contributed by atoms with Crippen LogP contribution in [0.15, 0.2) is 12.1 Å². The van der Waals surface area contributed by atoms with Gasteiger partial charge < -0.3 is 9.64 Å². The number of piperidine rings is 2. The number of rotatable bonds is 4. The summed E-state index contributed by atoms with van der Waals surface area (Å²) in [6.07, 6.45) is 6.57. The first kappa shape index (κ1) is 18.3. The molecule has 2 aliphatic carbocycles. The fourth-order valence-electron chi connectivity index (χ4n) is 6.47. The van der Waals surface area contributed by atoms with Gasteiger partial charge in [0.25, 0.3) is 0 Å². The fourth-order valence-corrected chi connectivity index (χ4v) is 6.81. The third-order valence-corrected chi connectivity index (χ3v) is 7.73. The van der Waals surface area contributed by atoms with Gasteiger partial charge in [-0.2, -0.15) is 5.10 Å². The Kier molecular flexibility index (Phi) is 4.17. The van der Waals surface area contributed by atoms with E-state index in [0.29, 0.717) is 34.7 Å². The molecular formula is C22H28ClN3O2. The monoisotopic (exact) mass is 401 g/mol. The highest BCUT2D eigenvalue weighted by molar-refractivity contribution is 6.37. The third kappa shape index (κ3) is 2.73. The number of carbonyl (C=O) groups is 1. The third-order valence-electron chi connectivity index (χ3n) is 7.35. The SMILES string of the molecule is COc1ccc2[nH]nc(C(C)CC(=O)N3C4CC5CC3CC(C)(C5)C4)c2c1Cl. The van der Waals surface area contributed by atoms with E-state index in [0.717, 1.165) is 22.5 Å². The summed E-state index contributed by atoms with van der Waals surface area (Å²) in [6, 6.07) is 4.64. The number of methoxy groups -OCH3 is 1. The Morgan fingerprint density at radius 3 is 2.71 bits per heavy atom. The van der Waals surface area contributed by atoms with E-state index < -0.39 is 0 Å². The van der Waals surface area contributed by atoms with E-state index in [9.17, 15) is 4.79 Å². The average Bonchev–Trinajstić information content (AvgIpc) is 3.05. The van der Waals surface area contributed by atoms with Crippen molar-refractivity contribution in [3.8, 4) is 5.75 Å². The number of carbonyl (C=O) groups excluding carboxylic acids is 1. The molecule has 2 saturated carbocycles. The Bertz CT molecular complexity index is 923. The zero-order valence-corrected chi connectivity index (χ0v) is 17.6. The molecule has 1 aromatic heterocycles. The van der Waals surface area contributed by atoms with Gasteiger partial charge in [-0.25, -0.2) is 0 Å². The summed E-state index contributed by atoms with van der Waals surface area (Å²) in [6.45, 7) is 4.50. The molecule has 4 bridgehead atoms. The van der Waals surface area contributed by atoms with E-state index in [-0.39, 0.29) is 11.8 Å². The molecule has 5 nitrogen and oxygen atoms in total. The molecule has 150 valence electrons. The van der Waals surface area contributed by atoms with Gasteiger partial charge in [0.15, 0.2) is 0 Å². The maximum Gasteiger partial charge on any atom is 0.223 e. The summed E-state index contributed by atoms with van der Waals surface area (Å²) < 4.78 is 5.36. The summed E-state index contributed by atoms with van der Waals surface area (Å²) in [5, 5.41) is 8.98. The molecule has 3 atom stereocenters. The summed E-state index contributed by atoms with van der Waals surface area (Å²) >= 11 is 6.55. The lowest BCUT2D eigenvalue weighted by atomic mass is 9.56. The molecule has 1 aromatic carbocycles. The Balaban J connectivity index is 1.38. The van der Waals surface area contributed by atoms with Crippen LogP contribution in [-0.4, -0.2) is 40.2 Å². The van der Waals surface area contributed by atoms with Crippen LogP contribution in [-0.2, 0) is 4.79 Å². The van der Waals surface area contributed by atoms with Gasteiger partial charge in [0.1, 0.15) is 5.75 Å². The second kappa shape index (κ2) is 6.38. The standard InChI is InChI=1S/C22H28ClN3O2/c1-12(21-19-16(24-25-21)4-5-17(28-3)20(19)23)6-18(27)26-14-7-13-8-15(26)11-22(2,9-13)10-14/h4-5,12-15H,6-11H2,1-3H3,(H,24,25). The number of aromatic nitrogens is 2. The van der Waals surface area contributed by atoms with E-state index >= 15 is 0 Å². The zero-order chi connectivity index (χ0) is 19.6. The van der Waals surface area contributed by atoms with Crippen LogP contribution in [0, 0.1) is 11.3 Å². The number of aromatic amines is 1. The van der Waals surface area contributed by atoms with Crippen molar-refractivity contribution in [1.82, 2.24) is 15.1 Å². The van der Waals surface area contributed by atoms with Crippen LogP contribution in [0.2, 0.25) is 5.02 Å². The molecule has 0 spiro atoms. The number of hydrogen-bond donors (Lipinski definition) is 1. The van der Waals surface area contributed by atoms with Crippen molar-refractivity contribution in [2.45, 2.75) is 70.4 Å². The van der Waals surface area contributed by atoms with Crippen LogP contribution in [0.1, 0.15) is 64.0 Å². The van der Waals surface area contributed by atoms with E-state index in [1.54, 1.807) is 7.11 Å². The van der Waals surface area contributed by atoms with Crippen molar-refractivity contribution in [2.75, 3.05) is 7.11 Å². The number of fused-ring (bicyclic) bond motifs is 1. The van der Waals surface area contributed by atoms with Gasteiger partial charge in [-0.1, -0.05) is 25.4 Å². The minimum Gasteiger partial charge on any atom is -0.495 e. The van der Waals surface area contributed by atoms with Gasteiger partial charge in [0, 0.05) is 29.8 Å². The Morgan fingerprint density at radius 1 is 1.36 bits per heavy atom. The van der Waals surface area contributed by atoms with Crippen LogP contribution in [0.4, 0.5) is 0 Å². The maximum absolute atomic E-state index is 13.3. The van der Waals surface area contributed by atoms with Gasteiger partial charge >= 0.3 is 0 Å². The molecule has 0 radical (unpaired) electrons. The molecular weight excluding hydrogens is 374 g/mol. The van der Waals surface area contributed by atoms with Crippen molar-refractivity contribution in [3.63, 3.8) is 0 Å². The van der Waals surface area contributed by atoms with E-state index in [1.165, 1.54) is 32.1 Å². The average molecular weight is 402 g/mol. The van der Waals surface area contributed by atoms with E-state index in [1.807, 2.05) is 12.1 Å². The van der Waals surface area contributed by atoms with Gasteiger partial charge in [-0.3, -0.25) is 9.89 Å². The van der Waals surface area contributed by atoms with Crippen molar-refractivity contribution < 1.29 is 9.53 Å². The Labute approximate surface area is 170 Å². The van der Waals surface area contributed by atoms with Crippen LogP contribution < -0.4 is 4.74 Å². The predicted octanol–water partition coefficient (Wildman–Crippen LogP) is 4.90. The number of nitrogens with one attached hydrogen (secondary N) is 1. The number of amides is 1. The smallest absolute Gasteiger partial charge is 0.223 e. The van der Waals surface area contributed by atoms with Crippen LogP contribution in [0.25, 0.3) is 10.9 Å². The molecule has 1 amide bonds. The molecule has 6 rings (SSSR count). The van der Waals surface area contributed by atoms with Crippen molar-refractivity contribution in [3.05, 3.63) is 22.8 Å². The van der Waals surface area contributed by atoms with Crippen molar-refractivity contribution in [2.24, 2.45) is 11.3 Å². The minimum absolute atomic E-state index is 0.00127. The predicted molar refractivity (Wildman–Crippen MR) is 110 cm³/mol. The first-order valence-corrected chi connectivity index (χ1v) is 10.8. The Morgan fingerprint density at radius 2 is 2.07 bits per heavy atom. The summed E-state index contributed by atoms with van der Waals surface area (Å²) in [4.78, 5) is 15.6. The van der Waals surface area contributed by atoms with Crippen LogP contribution in [0.3, 0.4) is 0 Å². The number of halogens is 1. The molecule has 3 heterocycles. The van der Waals surface area contributed by atoms with Crippen LogP contribution >= 0.6 is 11.6 Å². The maximum atomic E-state index is 13.3. The highest BCUT2D eigenvalue weighted by Gasteiger charge is 2.53. The summed E-state index contributed by atoms with van der Waals surface area (Å²) in [5.41, 5.74) is 2.19. The molecule has 2 aliphatic heterocycles. The molecule has 28 heavy (non-hydrogen) atoms. The quantitative estimate of drug-likeness (QED) is 0.792. The molecule has 4 aliphatic rings. The molecule has 2 aromatic rings. The van der Waals surface area contributed by atoms with Crippen molar-refractivity contribution >= 4 is 28.4 Å². The highest BCUT2D eigenvalue weighted by atomic mass is 35.5. The number of nitrogens with zero attached hydrogens (tertiary/aromatic N) is 2. The molecule has 2 saturated heterocycles. The van der Waals surface area contributed by atoms with Gasteiger partial charge in [0.05, 0.1) is 23.3 Å². The molecule has 4 fully saturated rings. The molecule has 3 unspecified atom stereocenters. The normalized spacial score (nSPS) is 32.1. The summed E-state index contributed by atoms with van der Waals surface area (Å²) in [7, 11) is 1.61. The largest absolute Gasteiger partial charge is 0.495 e. The second-order valence-electron chi connectivity index (χ2n) is 9.59. The van der Waals surface area contributed by atoms with Gasteiger partial charge in [-0.05, 0) is 55.6 Å². The first-order chi connectivity index (χ1) is 13.4. The summed E-state index contributed by atoms with van der Waals surface area (Å²) in [5.74, 6) is 1.73. The van der Waals surface area contributed by atoms with E-state index in [4.69, 9.17) is 16.3 Å². The number of H-pyrrole nitrogens is 1. The van der Waals surface area contributed by atoms with E-state index in [2.05, 4.69) is 28.9 Å². The number of hydrogen-bond acceptors (Lipinski definition) is 3. The molecule has 6 heteroatoms. The zero-order valence-electron chi connectivity index (χ0n) is 16.8. The topological polar surface area (TPSA) is 58.2 Å². The van der Waals surface area contributed by atoms with Crippen molar-refractivity contribution in [1.29, 1.82) is 0 Å². The van der Waals surface area contributed by atoms with Gasteiger partial charge in [0.2, 0.25) is 5.91 Å². The highest BCUT2D eigenvalue weighted by Crippen LogP contribution is 2.56. The number of ether oxygens (including phenoxy) is 1. The number of benzene rings is 1. The fraction of sp³-hybridized carbons (Fsp3) is 0.636. The Hall–Kier alpha value is -1.75. The van der Waals surface area contributed by atoms with Gasteiger partial charge in [-0.15, -0.1) is 0 Å². The van der Waals surface area contributed by atoms with Crippen LogP contribution in [0.5, 0.6) is 5.75 Å². The second-order valence-corrected chi connectivity index (χ2v) is 9.97.